The number of rotatable bonds is 5. The molecule has 2 saturated heterocycles. The number of likely N-dealkylation sites (tertiary alicyclic amines) is 1. The molecule has 3 fully saturated rings. The lowest BCUT2D eigenvalue weighted by Crippen LogP contribution is -2.67. The van der Waals surface area contributed by atoms with Gasteiger partial charge in [0.1, 0.15) is 12.2 Å². The summed E-state index contributed by atoms with van der Waals surface area (Å²) in [5.41, 5.74) is -0.227. The highest BCUT2D eigenvalue weighted by Gasteiger charge is 2.56. The Bertz CT molecular complexity index is 459. The minimum atomic E-state index is -0.227. The van der Waals surface area contributed by atoms with Crippen LogP contribution >= 0.6 is 0 Å². The van der Waals surface area contributed by atoms with Crippen molar-refractivity contribution in [2.45, 2.75) is 25.4 Å². The van der Waals surface area contributed by atoms with Gasteiger partial charge in [0.15, 0.2) is 0 Å². The van der Waals surface area contributed by atoms with E-state index in [4.69, 9.17) is 9.47 Å². The second-order valence-electron chi connectivity index (χ2n) is 7.22. The van der Waals surface area contributed by atoms with Gasteiger partial charge in [-0.25, -0.2) is 0 Å². The van der Waals surface area contributed by atoms with Gasteiger partial charge >= 0.3 is 0 Å². The first-order chi connectivity index (χ1) is 10.4. The molecular formula is C16H26N2O4. The lowest BCUT2D eigenvalue weighted by atomic mass is 9.81. The molecule has 0 aromatic rings. The third-order valence-electron chi connectivity index (χ3n) is 5.30. The van der Waals surface area contributed by atoms with Gasteiger partial charge < -0.3 is 19.3 Å². The predicted octanol–water partition coefficient (Wildman–Crippen LogP) is 0.365. The van der Waals surface area contributed by atoms with E-state index >= 15 is 0 Å². The maximum Gasteiger partial charge on any atom is 0.248 e. The molecule has 3 aliphatic rings. The number of hydrogen-bond donors (Lipinski definition) is 0. The van der Waals surface area contributed by atoms with Gasteiger partial charge in [0, 0.05) is 32.5 Å². The molecule has 2 aliphatic heterocycles. The molecule has 124 valence electrons. The van der Waals surface area contributed by atoms with Crippen LogP contribution in [0.1, 0.15) is 19.8 Å². The Labute approximate surface area is 131 Å². The zero-order valence-electron chi connectivity index (χ0n) is 13.7. The highest BCUT2D eigenvalue weighted by Crippen LogP contribution is 2.45. The Hall–Kier alpha value is -1.14. The highest BCUT2D eigenvalue weighted by molar-refractivity contribution is 5.82. The van der Waals surface area contributed by atoms with Crippen molar-refractivity contribution in [2.75, 3.05) is 47.0 Å². The number of hydrogen-bond acceptors (Lipinski definition) is 4. The molecule has 3 atom stereocenters. The summed E-state index contributed by atoms with van der Waals surface area (Å²) in [4.78, 5) is 27.2. The fourth-order valence-corrected chi connectivity index (χ4v) is 3.44. The minimum absolute atomic E-state index is 0.0268. The van der Waals surface area contributed by atoms with Crippen LogP contribution < -0.4 is 0 Å². The molecule has 6 heteroatoms. The molecule has 2 heterocycles. The van der Waals surface area contributed by atoms with Gasteiger partial charge in [-0.1, -0.05) is 6.92 Å². The van der Waals surface area contributed by atoms with E-state index in [0.717, 1.165) is 19.4 Å². The molecular weight excluding hydrogens is 284 g/mol. The van der Waals surface area contributed by atoms with Crippen LogP contribution in [0.2, 0.25) is 0 Å². The van der Waals surface area contributed by atoms with Crippen LogP contribution in [0.25, 0.3) is 0 Å². The molecule has 1 aliphatic carbocycles. The van der Waals surface area contributed by atoms with Crippen molar-refractivity contribution in [2.24, 2.45) is 17.8 Å². The Balaban J connectivity index is 1.46. The molecule has 2 amide bonds. The van der Waals surface area contributed by atoms with Gasteiger partial charge in [-0.2, -0.15) is 0 Å². The summed E-state index contributed by atoms with van der Waals surface area (Å²) in [5.74, 6) is 1.33. The molecule has 0 radical (unpaired) electrons. The summed E-state index contributed by atoms with van der Waals surface area (Å²) >= 11 is 0. The van der Waals surface area contributed by atoms with Gasteiger partial charge in [-0.05, 0) is 18.8 Å². The molecule has 1 saturated carbocycles. The molecule has 0 aromatic carbocycles. The fraction of sp³-hybridized carbons (Fsp3) is 0.875. The Morgan fingerprint density at radius 1 is 1.36 bits per heavy atom. The van der Waals surface area contributed by atoms with Gasteiger partial charge in [-0.15, -0.1) is 0 Å². The van der Waals surface area contributed by atoms with Crippen molar-refractivity contribution in [3.63, 3.8) is 0 Å². The second-order valence-corrected chi connectivity index (χ2v) is 7.22. The van der Waals surface area contributed by atoms with Crippen LogP contribution in [-0.2, 0) is 19.1 Å². The van der Waals surface area contributed by atoms with E-state index in [0.29, 0.717) is 25.6 Å². The van der Waals surface area contributed by atoms with Crippen molar-refractivity contribution >= 4 is 11.8 Å². The van der Waals surface area contributed by atoms with Crippen molar-refractivity contribution in [1.82, 2.24) is 9.80 Å². The maximum atomic E-state index is 12.2. The number of carbonyl (C=O) groups is 2. The number of carbonyl (C=O) groups excluding carboxylic acids is 2. The van der Waals surface area contributed by atoms with Gasteiger partial charge in [0.2, 0.25) is 11.8 Å². The molecule has 0 N–H and O–H groups in total. The first-order valence-electron chi connectivity index (χ1n) is 8.13. The van der Waals surface area contributed by atoms with E-state index in [9.17, 15) is 9.59 Å². The molecule has 6 nitrogen and oxygen atoms in total. The molecule has 0 aromatic heterocycles. The Morgan fingerprint density at radius 2 is 2.05 bits per heavy atom. The topological polar surface area (TPSA) is 59.1 Å². The van der Waals surface area contributed by atoms with Crippen LogP contribution in [0.3, 0.4) is 0 Å². The van der Waals surface area contributed by atoms with Crippen LogP contribution in [0.4, 0.5) is 0 Å². The quantitative estimate of drug-likeness (QED) is 0.736. The first kappa shape index (κ1) is 15.7. The zero-order chi connectivity index (χ0) is 15.9. The monoisotopic (exact) mass is 310 g/mol. The van der Waals surface area contributed by atoms with Crippen molar-refractivity contribution in [3.8, 4) is 0 Å². The van der Waals surface area contributed by atoms with Crippen molar-refractivity contribution in [1.29, 1.82) is 0 Å². The van der Waals surface area contributed by atoms with E-state index in [1.165, 1.54) is 4.90 Å². The summed E-state index contributed by atoms with van der Waals surface area (Å²) in [6.07, 6.45) is 1.97. The summed E-state index contributed by atoms with van der Waals surface area (Å²) < 4.78 is 11.5. The molecule has 0 unspecified atom stereocenters. The standard InChI is InChI=1S/C16H26N2O4/c1-11-6-13(11)15(20)18-9-16(10-18)12(4-5-22-16)7-21-8-14(19)17(2)3/h11-13H,4-10H2,1-3H3/t11-,12+,13-/m1/s1. The van der Waals surface area contributed by atoms with E-state index in [1.807, 2.05) is 4.90 Å². The minimum Gasteiger partial charge on any atom is -0.371 e. The fourth-order valence-electron chi connectivity index (χ4n) is 3.44. The van der Waals surface area contributed by atoms with E-state index in [2.05, 4.69) is 6.92 Å². The Kier molecular flexibility index (Phi) is 4.16. The third-order valence-corrected chi connectivity index (χ3v) is 5.30. The van der Waals surface area contributed by atoms with Crippen molar-refractivity contribution < 1.29 is 19.1 Å². The van der Waals surface area contributed by atoms with Crippen LogP contribution in [0, 0.1) is 17.8 Å². The number of amides is 2. The second kappa shape index (κ2) is 5.81. The Morgan fingerprint density at radius 3 is 2.64 bits per heavy atom. The average molecular weight is 310 g/mol. The van der Waals surface area contributed by atoms with Gasteiger partial charge in [-0.3, -0.25) is 9.59 Å². The average Bonchev–Trinajstić information content (AvgIpc) is 3.00. The largest absolute Gasteiger partial charge is 0.371 e. The smallest absolute Gasteiger partial charge is 0.248 e. The summed E-state index contributed by atoms with van der Waals surface area (Å²) in [5, 5.41) is 0. The maximum absolute atomic E-state index is 12.2. The normalized spacial score (nSPS) is 32.0. The van der Waals surface area contributed by atoms with Gasteiger partial charge in [0.25, 0.3) is 0 Å². The summed E-state index contributed by atoms with van der Waals surface area (Å²) in [7, 11) is 3.44. The first-order valence-corrected chi connectivity index (χ1v) is 8.13. The van der Waals surface area contributed by atoms with Crippen LogP contribution in [0.5, 0.6) is 0 Å². The van der Waals surface area contributed by atoms with E-state index in [1.54, 1.807) is 14.1 Å². The summed E-state index contributed by atoms with van der Waals surface area (Å²) in [6, 6.07) is 0. The van der Waals surface area contributed by atoms with Crippen molar-refractivity contribution in [3.05, 3.63) is 0 Å². The predicted molar refractivity (Wildman–Crippen MR) is 80.2 cm³/mol. The SMILES string of the molecule is C[C@@H]1C[C@H]1C(=O)N1CC2(C1)OCC[C@H]2COCC(=O)N(C)C. The molecule has 3 rings (SSSR count). The van der Waals surface area contributed by atoms with E-state index in [-0.39, 0.29) is 35.9 Å². The van der Waals surface area contributed by atoms with Gasteiger partial charge in [0.05, 0.1) is 19.7 Å². The molecule has 0 bridgehead atoms. The highest BCUT2D eigenvalue weighted by atomic mass is 16.5. The van der Waals surface area contributed by atoms with E-state index < -0.39 is 0 Å². The molecule has 1 spiro atoms. The number of likely N-dealkylation sites (N-methyl/N-ethyl adjacent to an activating group) is 1. The lowest BCUT2D eigenvalue weighted by molar-refractivity contribution is -0.170. The zero-order valence-corrected chi connectivity index (χ0v) is 13.7. The molecule has 22 heavy (non-hydrogen) atoms. The summed E-state index contributed by atoms with van der Waals surface area (Å²) in [6.45, 7) is 4.86. The van der Waals surface area contributed by atoms with Crippen LogP contribution in [0.15, 0.2) is 0 Å². The van der Waals surface area contributed by atoms with Crippen LogP contribution in [-0.4, -0.2) is 74.2 Å². The number of ether oxygens (including phenoxy) is 2. The third kappa shape index (κ3) is 2.86. The number of nitrogens with zero attached hydrogens (tertiary/aromatic N) is 2. The lowest BCUT2D eigenvalue weighted by Gasteiger charge is -2.50.